The molecule has 0 saturated heterocycles. The van der Waals surface area contributed by atoms with E-state index in [0.29, 0.717) is 5.56 Å². The average Bonchev–Trinajstić information content (AvgIpc) is 2.94. The smallest absolute Gasteiger partial charge is 0.326 e. The molecule has 1 heterocycles. The molecule has 0 bridgehead atoms. The van der Waals surface area contributed by atoms with Crippen LogP contribution in [0.25, 0.3) is 0 Å². The summed E-state index contributed by atoms with van der Waals surface area (Å²) in [6.45, 7) is 1.08. The van der Waals surface area contributed by atoms with Crippen molar-refractivity contribution >= 4 is 21.7 Å². The minimum absolute atomic E-state index is 0.000912. The zero-order valence-electron chi connectivity index (χ0n) is 16.3. The van der Waals surface area contributed by atoms with Gasteiger partial charge in [-0.15, -0.1) is 0 Å². The maximum absolute atomic E-state index is 13.3. The molecule has 0 saturated carbocycles. The number of nitro benzene ring substituents is 1. The van der Waals surface area contributed by atoms with Crippen molar-refractivity contribution in [2.75, 3.05) is 6.61 Å². The van der Waals surface area contributed by atoms with Gasteiger partial charge in [-0.25, -0.2) is 8.42 Å². The third kappa shape index (κ3) is 3.40. The van der Waals surface area contributed by atoms with Crippen molar-refractivity contribution in [2.24, 2.45) is 5.92 Å². The Bertz CT molecular complexity index is 1230. The van der Waals surface area contributed by atoms with Crippen LogP contribution in [0.15, 0.2) is 53.4 Å². The molecule has 3 rings (SSSR count). The molecule has 0 spiro atoms. The number of ether oxygens (including phenoxy) is 1. The molecule has 0 aliphatic carbocycles. The first kappa shape index (κ1) is 21.9. The quantitative estimate of drug-likeness (QED) is 0.376. The fourth-order valence-electron chi connectivity index (χ4n) is 3.57. The highest BCUT2D eigenvalue weighted by Crippen LogP contribution is 2.49. The van der Waals surface area contributed by atoms with Crippen molar-refractivity contribution in [1.29, 1.82) is 10.5 Å². The van der Waals surface area contributed by atoms with Gasteiger partial charge in [0.15, 0.2) is 11.5 Å². The van der Waals surface area contributed by atoms with Gasteiger partial charge in [0.25, 0.3) is 5.69 Å². The summed E-state index contributed by atoms with van der Waals surface area (Å²) in [4.78, 5) is 22.7. The van der Waals surface area contributed by atoms with E-state index in [2.05, 4.69) is 0 Å². The average molecular weight is 440 g/mol. The van der Waals surface area contributed by atoms with Gasteiger partial charge in [-0.3, -0.25) is 14.9 Å². The maximum atomic E-state index is 13.3. The minimum atomic E-state index is -4.28. The zero-order valence-corrected chi connectivity index (χ0v) is 17.1. The number of carbonyl (C=O) groups excluding carboxylic acids is 1. The monoisotopic (exact) mass is 440 g/mol. The molecule has 2 atom stereocenters. The topological polar surface area (TPSA) is 154 Å². The molecule has 2 aromatic carbocycles. The van der Waals surface area contributed by atoms with E-state index < -0.39 is 32.4 Å². The molecule has 0 N–H and O–H groups in total. The van der Waals surface area contributed by atoms with Crippen molar-refractivity contribution in [3.8, 4) is 12.1 Å². The summed E-state index contributed by atoms with van der Waals surface area (Å²) in [6, 6.07) is 14.4. The van der Waals surface area contributed by atoms with Crippen LogP contribution < -0.4 is 0 Å². The van der Waals surface area contributed by atoms with E-state index in [-0.39, 0.29) is 29.3 Å². The Morgan fingerprint density at radius 2 is 1.87 bits per heavy atom. The summed E-state index contributed by atoms with van der Waals surface area (Å²) < 4.78 is 32.4. The highest BCUT2D eigenvalue weighted by atomic mass is 32.2. The number of benzene rings is 2. The number of hydrogen-bond acceptors (Lipinski definition) is 8. The van der Waals surface area contributed by atoms with Crippen molar-refractivity contribution < 1.29 is 22.9 Å². The first-order chi connectivity index (χ1) is 14.7. The number of nitrogens with zero attached hydrogens (tertiary/aromatic N) is 4. The molecule has 158 valence electrons. The van der Waals surface area contributed by atoms with E-state index >= 15 is 0 Å². The van der Waals surface area contributed by atoms with Crippen LogP contribution in [0, 0.1) is 38.7 Å². The van der Waals surface area contributed by atoms with Gasteiger partial charge in [0, 0.05) is 24.2 Å². The number of carbonyl (C=O) groups is 1. The van der Waals surface area contributed by atoms with E-state index in [9.17, 15) is 33.9 Å². The van der Waals surface area contributed by atoms with E-state index in [0.717, 1.165) is 4.31 Å². The van der Waals surface area contributed by atoms with Gasteiger partial charge in [-0.2, -0.15) is 14.8 Å². The molecular formula is C20H16N4O6S. The van der Waals surface area contributed by atoms with Gasteiger partial charge >= 0.3 is 5.97 Å². The molecule has 1 aliphatic rings. The maximum Gasteiger partial charge on any atom is 0.326 e. The molecule has 0 radical (unpaired) electrons. The Labute approximate surface area is 178 Å². The van der Waals surface area contributed by atoms with Gasteiger partial charge in [-0.1, -0.05) is 30.3 Å². The van der Waals surface area contributed by atoms with Crippen LogP contribution in [-0.2, 0) is 31.6 Å². The second-order valence-corrected chi connectivity index (χ2v) is 8.45. The van der Waals surface area contributed by atoms with Gasteiger partial charge in [0.2, 0.25) is 10.0 Å². The van der Waals surface area contributed by atoms with E-state index in [1.807, 2.05) is 6.07 Å². The molecular weight excluding hydrogens is 424 g/mol. The van der Waals surface area contributed by atoms with Gasteiger partial charge in [0.05, 0.1) is 28.6 Å². The van der Waals surface area contributed by atoms with Gasteiger partial charge < -0.3 is 4.74 Å². The fourth-order valence-corrected chi connectivity index (χ4v) is 5.50. The summed E-state index contributed by atoms with van der Waals surface area (Å²) in [6.07, 6.45) is 0. The second-order valence-electron chi connectivity index (χ2n) is 6.62. The van der Waals surface area contributed by atoms with E-state index in [4.69, 9.17) is 4.74 Å². The number of nitro groups is 1. The lowest BCUT2D eigenvalue weighted by molar-refractivity contribution is -0.384. The Kier molecular flexibility index (Phi) is 5.75. The molecule has 10 nitrogen and oxygen atoms in total. The van der Waals surface area contributed by atoms with Crippen molar-refractivity contribution in [1.82, 2.24) is 4.31 Å². The number of esters is 1. The van der Waals surface area contributed by atoms with Crippen LogP contribution >= 0.6 is 0 Å². The Balaban J connectivity index is 2.21. The lowest BCUT2D eigenvalue weighted by Gasteiger charge is -2.33. The minimum Gasteiger partial charge on any atom is -0.465 e. The first-order valence-electron chi connectivity index (χ1n) is 9.07. The molecule has 2 aromatic rings. The summed E-state index contributed by atoms with van der Waals surface area (Å²) in [7, 11) is -4.28. The zero-order chi connectivity index (χ0) is 22.8. The van der Waals surface area contributed by atoms with Gasteiger partial charge in [0.1, 0.15) is 0 Å². The Hall–Kier alpha value is -3.80. The molecule has 2 unspecified atom stereocenters. The highest BCUT2D eigenvalue weighted by Gasteiger charge is 2.61. The number of fused-ring (bicyclic) bond motifs is 1. The van der Waals surface area contributed by atoms with Crippen LogP contribution in [0.1, 0.15) is 18.1 Å². The van der Waals surface area contributed by atoms with E-state index in [1.54, 1.807) is 6.07 Å². The predicted molar refractivity (Wildman–Crippen MR) is 105 cm³/mol. The molecule has 0 amide bonds. The van der Waals surface area contributed by atoms with Crippen LogP contribution in [0.5, 0.6) is 0 Å². The summed E-state index contributed by atoms with van der Waals surface area (Å²) in [5.74, 6) is -2.78. The van der Waals surface area contributed by atoms with Crippen molar-refractivity contribution in [3.63, 3.8) is 0 Å². The molecule has 0 fully saturated rings. The third-order valence-corrected chi connectivity index (χ3v) is 6.88. The number of nitriles is 2. The van der Waals surface area contributed by atoms with Crippen molar-refractivity contribution in [2.45, 2.75) is 23.9 Å². The number of rotatable bonds is 6. The fraction of sp³-hybridized carbons (Fsp3) is 0.250. The number of hydrogen-bond donors (Lipinski definition) is 0. The van der Waals surface area contributed by atoms with Crippen LogP contribution in [0.3, 0.4) is 0 Å². The van der Waals surface area contributed by atoms with E-state index in [1.165, 1.54) is 55.5 Å². The lowest BCUT2D eigenvalue weighted by Crippen LogP contribution is -2.50. The Morgan fingerprint density at radius 3 is 2.42 bits per heavy atom. The first-order valence-corrected chi connectivity index (χ1v) is 10.5. The lowest BCUT2D eigenvalue weighted by atomic mass is 9.79. The second kappa shape index (κ2) is 8.14. The standard InChI is InChI=1S/C20H16N4O6S/c1-2-30-19(25)17(11-21)20(13-22)16-5-3-4-6-18(16)31(28,29)23(20)12-14-7-9-15(10-8-14)24(26)27/h3-10,17H,2,12H2,1H3. The molecule has 0 aromatic heterocycles. The SMILES string of the molecule is CCOC(=O)C(C#N)C1(C#N)c2ccccc2S(=O)(=O)N1Cc1ccc([N+](=O)[O-])cc1. The predicted octanol–water partition coefficient (Wildman–Crippen LogP) is 2.22. The van der Waals surface area contributed by atoms with Gasteiger partial charge in [-0.05, 0) is 18.6 Å². The summed E-state index contributed by atoms with van der Waals surface area (Å²) in [5.41, 5.74) is -2.02. The molecule has 31 heavy (non-hydrogen) atoms. The molecule has 11 heteroatoms. The summed E-state index contributed by atoms with van der Waals surface area (Å²) >= 11 is 0. The van der Waals surface area contributed by atoms with Crippen molar-refractivity contribution in [3.05, 3.63) is 69.8 Å². The van der Waals surface area contributed by atoms with Crippen LogP contribution in [-0.4, -0.2) is 30.2 Å². The van der Waals surface area contributed by atoms with Crippen LogP contribution in [0.4, 0.5) is 5.69 Å². The normalized spacial score (nSPS) is 20.1. The molecule has 1 aliphatic heterocycles. The highest BCUT2D eigenvalue weighted by molar-refractivity contribution is 7.89. The number of non-ortho nitro benzene ring substituents is 1. The third-order valence-electron chi connectivity index (χ3n) is 4.97. The Morgan fingerprint density at radius 1 is 1.23 bits per heavy atom. The van der Waals surface area contributed by atoms with Crippen LogP contribution in [0.2, 0.25) is 0 Å². The largest absolute Gasteiger partial charge is 0.465 e. The summed E-state index contributed by atoms with van der Waals surface area (Å²) in [5, 5.41) is 30.8. The number of sulfonamides is 1.